The van der Waals surface area contributed by atoms with Crippen LogP contribution >= 0.6 is 0 Å². The lowest BCUT2D eigenvalue weighted by Crippen LogP contribution is -2.50. The number of nitrogens with one attached hydrogen (secondary N) is 1. The van der Waals surface area contributed by atoms with Gasteiger partial charge in [-0.3, -0.25) is 9.79 Å². The van der Waals surface area contributed by atoms with Crippen molar-refractivity contribution in [2.45, 2.75) is 64.6 Å². The second-order valence-electron chi connectivity index (χ2n) is 7.76. The van der Waals surface area contributed by atoms with E-state index in [1.165, 1.54) is 6.42 Å². The minimum atomic E-state index is -0.0897. The number of nitrogens with zero attached hydrogens (tertiary/aromatic N) is 3. The van der Waals surface area contributed by atoms with Crippen LogP contribution in [0.1, 0.15) is 52.9 Å². The largest absolute Gasteiger partial charge is 0.372 e. The number of hydrogen-bond acceptors (Lipinski definition) is 3. The molecule has 2 aliphatic heterocycles. The lowest BCUT2D eigenvalue weighted by molar-refractivity contribution is -0.130. The summed E-state index contributed by atoms with van der Waals surface area (Å²) < 4.78 is 6.07. The number of amides is 1. The molecule has 0 aromatic heterocycles. The number of piperidine rings is 2. The Morgan fingerprint density at radius 2 is 1.71 bits per heavy atom. The van der Waals surface area contributed by atoms with Crippen LogP contribution in [0.2, 0.25) is 0 Å². The highest BCUT2D eigenvalue weighted by molar-refractivity contribution is 5.86. The Bertz CT molecular complexity index is 431. The topological polar surface area (TPSA) is 57.2 Å². The minimum absolute atomic E-state index is 0.0897. The van der Waals surface area contributed by atoms with Gasteiger partial charge >= 0.3 is 0 Å². The van der Waals surface area contributed by atoms with Gasteiger partial charge in [0, 0.05) is 33.2 Å². The Morgan fingerprint density at radius 3 is 2.25 bits per heavy atom. The molecule has 0 aromatic carbocycles. The first-order valence-corrected chi connectivity index (χ1v) is 9.30. The molecule has 0 spiro atoms. The zero-order valence-electron chi connectivity index (χ0n) is 15.8. The predicted octanol–water partition coefficient (Wildman–Crippen LogP) is 1.85. The molecule has 6 nitrogen and oxygen atoms in total. The number of carbonyl (C=O) groups excluding carboxylic acids is 1. The molecule has 138 valence electrons. The number of hydrogen-bond donors (Lipinski definition) is 1. The fraction of sp³-hybridized carbons (Fsp3) is 0.889. The highest BCUT2D eigenvalue weighted by Crippen LogP contribution is 2.20. The van der Waals surface area contributed by atoms with Crippen molar-refractivity contribution in [2.24, 2.45) is 4.99 Å². The zero-order chi connectivity index (χ0) is 17.6. The molecular weight excluding hydrogens is 304 g/mol. The Hall–Kier alpha value is -1.30. The normalized spacial score (nSPS) is 21.1. The summed E-state index contributed by atoms with van der Waals surface area (Å²) >= 11 is 0. The number of carbonyl (C=O) groups is 1. The van der Waals surface area contributed by atoms with E-state index in [9.17, 15) is 4.79 Å². The summed E-state index contributed by atoms with van der Waals surface area (Å²) in [5.41, 5.74) is -0.0897. The van der Waals surface area contributed by atoms with Gasteiger partial charge in [-0.2, -0.15) is 0 Å². The van der Waals surface area contributed by atoms with Crippen LogP contribution in [0.5, 0.6) is 0 Å². The van der Waals surface area contributed by atoms with Crippen LogP contribution in [-0.4, -0.2) is 73.1 Å². The Labute approximate surface area is 146 Å². The van der Waals surface area contributed by atoms with Crippen molar-refractivity contribution in [3.63, 3.8) is 0 Å². The van der Waals surface area contributed by atoms with Crippen molar-refractivity contribution in [1.29, 1.82) is 0 Å². The van der Waals surface area contributed by atoms with Gasteiger partial charge in [0.05, 0.1) is 18.2 Å². The second-order valence-corrected chi connectivity index (χ2v) is 7.76. The molecule has 0 aromatic rings. The summed E-state index contributed by atoms with van der Waals surface area (Å²) in [5.74, 6) is 1.01. The van der Waals surface area contributed by atoms with E-state index >= 15 is 0 Å². The van der Waals surface area contributed by atoms with Crippen LogP contribution in [0.3, 0.4) is 0 Å². The summed E-state index contributed by atoms with van der Waals surface area (Å²) in [7, 11) is 1.78. The van der Waals surface area contributed by atoms with E-state index in [0.29, 0.717) is 12.6 Å². The molecule has 0 aliphatic carbocycles. The summed E-state index contributed by atoms with van der Waals surface area (Å²) in [6.07, 6.45) is 5.80. The molecular formula is C18H34N4O2. The van der Waals surface area contributed by atoms with Gasteiger partial charge in [-0.1, -0.05) is 0 Å². The first-order chi connectivity index (χ1) is 11.4. The van der Waals surface area contributed by atoms with E-state index in [-0.39, 0.29) is 11.5 Å². The second kappa shape index (κ2) is 8.70. The van der Waals surface area contributed by atoms with Crippen LogP contribution < -0.4 is 5.32 Å². The average Bonchev–Trinajstić information content (AvgIpc) is 2.56. The molecule has 24 heavy (non-hydrogen) atoms. The van der Waals surface area contributed by atoms with Crippen LogP contribution in [-0.2, 0) is 9.53 Å². The van der Waals surface area contributed by atoms with Crippen molar-refractivity contribution < 1.29 is 9.53 Å². The lowest BCUT2D eigenvalue weighted by Gasteiger charge is -2.37. The third-order valence-corrected chi connectivity index (χ3v) is 4.58. The molecule has 1 N–H and O–H groups in total. The average molecular weight is 338 g/mol. The van der Waals surface area contributed by atoms with Gasteiger partial charge in [0.2, 0.25) is 5.91 Å². The number of rotatable bonds is 3. The first kappa shape index (κ1) is 19.0. The van der Waals surface area contributed by atoms with Gasteiger partial charge in [0.15, 0.2) is 5.96 Å². The number of aliphatic imine (C=N–C) groups is 1. The quantitative estimate of drug-likeness (QED) is 0.630. The van der Waals surface area contributed by atoms with E-state index in [1.807, 2.05) is 4.90 Å². The monoisotopic (exact) mass is 338 g/mol. The van der Waals surface area contributed by atoms with E-state index in [4.69, 9.17) is 4.74 Å². The Kier molecular flexibility index (Phi) is 6.90. The lowest BCUT2D eigenvalue weighted by atomic mass is 10.1. The van der Waals surface area contributed by atoms with E-state index < -0.39 is 0 Å². The van der Waals surface area contributed by atoms with Gasteiger partial charge in [-0.05, 0) is 52.9 Å². The highest BCUT2D eigenvalue weighted by atomic mass is 16.5. The maximum atomic E-state index is 12.3. The fourth-order valence-electron chi connectivity index (χ4n) is 3.43. The van der Waals surface area contributed by atoms with Gasteiger partial charge < -0.3 is 19.9 Å². The minimum Gasteiger partial charge on any atom is -0.372 e. The zero-order valence-corrected chi connectivity index (χ0v) is 15.8. The molecule has 0 radical (unpaired) electrons. The van der Waals surface area contributed by atoms with Crippen molar-refractivity contribution in [2.75, 3.05) is 39.8 Å². The summed E-state index contributed by atoms with van der Waals surface area (Å²) in [6.45, 7) is 10.3. The molecule has 2 fully saturated rings. The summed E-state index contributed by atoms with van der Waals surface area (Å²) in [5, 5.41) is 3.24. The van der Waals surface area contributed by atoms with Gasteiger partial charge in [-0.15, -0.1) is 0 Å². The molecule has 6 heteroatoms. The van der Waals surface area contributed by atoms with Gasteiger partial charge in [0.1, 0.15) is 0 Å². The molecule has 2 heterocycles. The number of likely N-dealkylation sites (tertiary alicyclic amines) is 2. The smallest absolute Gasteiger partial charge is 0.241 e. The standard InChI is InChI=1S/C18H34N4O2/c1-18(2,3)24-15-8-12-22(13-9-15)17(19-4)20-14-16(23)21-10-6-5-7-11-21/h15H,5-14H2,1-4H3,(H,19,20). The number of guanidine groups is 1. The summed E-state index contributed by atoms with van der Waals surface area (Å²) in [6, 6.07) is 0. The van der Waals surface area contributed by atoms with Crippen molar-refractivity contribution in [3.8, 4) is 0 Å². The Morgan fingerprint density at radius 1 is 1.08 bits per heavy atom. The van der Waals surface area contributed by atoms with Crippen LogP contribution in [0.4, 0.5) is 0 Å². The van der Waals surface area contributed by atoms with Crippen molar-refractivity contribution in [3.05, 3.63) is 0 Å². The Balaban J connectivity index is 1.75. The number of ether oxygens (including phenoxy) is 1. The molecule has 0 bridgehead atoms. The van der Waals surface area contributed by atoms with Gasteiger partial charge in [-0.25, -0.2) is 0 Å². The van der Waals surface area contributed by atoms with E-state index in [0.717, 1.165) is 57.8 Å². The third-order valence-electron chi connectivity index (χ3n) is 4.58. The van der Waals surface area contributed by atoms with Gasteiger partial charge in [0.25, 0.3) is 0 Å². The molecule has 2 rings (SSSR count). The molecule has 1 amide bonds. The maximum absolute atomic E-state index is 12.3. The van der Waals surface area contributed by atoms with E-state index in [2.05, 4.69) is 36.0 Å². The van der Waals surface area contributed by atoms with Crippen LogP contribution in [0.25, 0.3) is 0 Å². The predicted molar refractivity (Wildman–Crippen MR) is 97.2 cm³/mol. The molecule has 2 saturated heterocycles. The molecule has 0 unspecified atom stereocenters. The third kappa shape index (κ3) is 5.96. The molecule has 2 aliphatic rings. The van der Waals surface area contributed by atoms with Crippen molar-refractivity contribution >= 4 is 11.9 Å². The fourth-order valence-corrected chi connectivity index (χ4v) is 3.43. The van der Waals surface area contributed by atoms with Crippen molar-refractivity contribution in [1.82, 2.24) is 15.1 Å². The van der Waals surface area contributed by atoms with Crippen LogP contribution in [0, 0.1) is 0 Å². The van der Waals surface area contributed by atoms with E-state index in [1.54, 1.807) is 7.05 Å². The maximum Gasteiger partial charge on any atom is 0.241 e. The van der Waals surface area contributed by atoms with Crippen LogP contribution in [0.15, 0.2) is 4.99 Å². The SMILES string of the molecule is CN=C(NCC(=O)N1CCCCC1)N1CCC(OC(C)(C)C)CC1. The molecule has 0 saturated carbocycles. The molecule has 0 atom stereocenters. The highest BCUT2D eigenvalue weighted by Gasteiger charge is 2.26. The first-order valence-electron chi connectivity index (χ1n) is 9.30. The summed E-state index contributed by atoms with van der Waals surface area (Å²) in [4.78, 5) is 20.8.